The Kier molecular flexibility index (Phi) is 4.20. The van der Waals surface area contributed by atoms with E-state index in [1.807, 2.05) is 42.5 Å². The maximum absolute atomic E-state index is 5.77. The molecule has 2 aromatic carbocycles. The molecular formula is C13H11Br2NO. The van der Waals surface area contributed by atoms with Gasteiger partial charge >= 0.3 is 0 Å². The van der Waals surface area contributed by atoms with E-state index in [1.54, 1.807) is 0 Å². The highest BCUT2D eigenvalue weighted by molar-refractivity contribution is 9.10. The van der Waals surface area contributed by atoms with Crippen molar-refractivity contribution >= 4 is 31.9 Å². The first-order valence-electron chi connectivity index (χ1n) is 5.11. The van der Waals surface area contributed by atoms with Gasteiger partial charge in [0.1, 0.15) is 11.5 Å². The Morgan fingerprint density at radius 3 is 2.53 bits per heavy atom. The van der Waals surface area contributed by atoms with Gasteiger partial charge in [0.05, 0.1) is 4.47 Å². The van der Waals surface area contributed by atoms with Crippen LogP contribution in [0.1, 0.15) is 5.56 Å². The second kappa shape index (κ2) is 5.67. The van der Waals surface area contributed by atoms with Crippen LogP contribution in [0.15, 0.2) is 51.4 Å². The third-order valence-electron chi connectivity index (χ3n) is 2.26. The Labute approximate surface area is 117 Å². The van der Waals surface area contributed by atoms with Crippen LogP contribution < -0.4 is 10.5 Å². The molecule has 0 saturated carbocycles. The van der Waals surface area contributed by atoms with Gasteiger partial charge in [0.25, 0.3) is 0 Å². The molecule has 2 rings (SSSR count). The van der Waals surface area contributed by atoms with Gasteiger partial charge in [-0.05, 0) is 51.8 Å². The molecule has 0 amide bonds. The Bertz CT molecular complexity index is 529. The molecule has 0 aromatic heterocycles. The van der Waals surface area contributed by atoms with Crippen molar-refractivity contribution in [3.63, 3.8) is 0 Å². The highest BCUT2D eigenvalue weighted by atomic mass is 79.9. The zero-order valence-electron chi connectivity index (χ0n) is 8.99. The summed E-state index contributed by atoms with van der Waals surface area (Å²) in [5, 5.41) is 0. The maximum atomic E-state index is 5.77. The third-order valence-corrected chi connectivity index (χ3v) is 3.37. The summed E-state index contributed by atoms with van der Waals surface area (Å²) >= 11 is 6.88. The standard InChI is InChI=1S/C13H11Br2NO/c14-10-2-1-3-11(7-10)17-13-5-4-9(8-16)6-12(13)15/h1-7H,8,16H2. The van der Waals surface area contributed by atoms with Crippen molar-refractivity contribution in [3.05, 3.63) is 57.0 Å². The number of hydrogen-bond acceptors (Lipinski definition) is 2. The fourth-order valence-corrected chi connectivity index (χ4v) is 2.30. The van der Waals surface area contributed by atoms with Gasteiger partial charge in [-0.1, -0.05) is 28.1 Å². The van der Waals surface area contributed by atoms with E-state index in [0.29, 0.717) is 6.54 Å². The van der Waals surface area contributed by atoms with Crippen molar-refractivity contribution in [1.29, 1.82) is 0 Å². The average molecular weight is 357 g/mol. The summed E-state index contributed by atoms with van der Waals surface area (Å²) in [5.74, 6) is 1.57. The predicted octanol–water partition coefficient (Wildman–Crippen LogP) is 4.46. The van der Waals surface area contributed by atoms with Gasteiger partial charge < -0.3 is 10.5 Å². The van der Waals surface area contributed by atoms with Gasteiger partial charge in [-0.25, -0.2) is 0 Å². The van der Waals surface area contributed by atoms with Crippen molar-refractivity contribution in [2.75, 3.05) is 0 Å². The fourth-order valence-electron chi connectivity index (χ4n) is 1.41. The molecule has 17 heavy (non-hydrogen) atoms. The molecule has 0 aliphatic carbocycles. The molecule has 0 fully saturated rings. The van der Waals surface area contributed by atoms with Gasteiger partial charge in [-0.15, -0.1) is 0 Å². The van der Waals surface area contributed by atoms with Crippen LogP contribution in [0.2, 0.25) is 0 Å². The average Bonchev–Trinajstić information content (AvgIpc) is 2.32. The minimum absolute atomic E-state index is 0.524. The van der Waals surface area contributed by atoms with Gasteiger partial charge in [0.15, 0.2) is 0 Å². The summed E-state index contributed by atoms with van der Waals surface area (Å²) in [6.07, 6.45) is 0. The zero-order chi connectivity index (χ0) is 12.3. The van der Waals surface area contributed by atoms with E-state index < -0.39 is 0 Å². The first-order chi connectivity index (χ1) is 8.19. The highest BCUT2D eigenvalue weighted by Crippen LogP contribution is 2.31. The fraction of sp³-hybridized carbons (Fsp3) is 0.0769. The molecule has 88 valence electrons. The summed E-state index contributed by atoms with van der Waals surface area (Å²) in [5.41, 5.74) is 6.64. The molecule has 0 saturated heterocycles. The SMILES string of the molecule is NCc1ccc(Oc2cccc(Br)c2)c(Br)c1. The van der Waals surface area contributed by atoms with Crippen LogP contribution in [0.25, 0.3) is 0 Å². The Morgan fingerprint density at radius 2 is 1.88 bits per heavy atom. The molecule has 0 heterocycles. The topological polar surface area (TPSA) is 35.2 Å². The van der Waals surface area contributed by atoms with Crippen molar-refractivity contribution in [2.45, 2.75) is 6.54 Å². The molecule has 4 heteroatoms. The molecule has 0 spiro atoms. The molecule has 2 nitrogen and oxygen atoms in total. The summed E-state index contributed by atoms with van der Waals surface area (Å²) in [4.78, 5) is 0. The number of benzene rings is 2. The van der Waals surface area contributed by atoms with Crippen LogP contribution in [0.3, 0.4) is 0 Å². The second-order valence-electron chi connectivity index (χ2n) is 3.53. The normalized spacial score (nSPS) is 10.3. The largest absolute Gasteiger partial charge is 0.456 e. The number of hydrogen-bond donors (Lipinski definition) is 1. The van der Waals surface area contributed by atoms with E-state index in [4.69, 9.17) is 10.5 Å². The van der Waals surface area contributed by atoms with E-state index in [0.717, 1.165) is 26.0 Å². The molecule has 0 aliphatic heterocycles. The third kappa shape index (κ3) is 3.31. The van der Waals surface area contributed by atoms with E-state index in [2.05, 4.69) is 31.9 Å². The molecule has 0 radical (unpaired) electrons. The summed E-state index contributed by atoms with van der Waals surface area (Å²) in [6.45, 7) is 0.524. The number of rotatable bonds is 3. The first-order valence-corrected chi connectivity index (χ1v) is 6.69. The van der Waals surface area contributed by atoms with Gasteiger partial charge in [0.2, 0.25) is 0 Å². The molecule has 2 N–H and O–H groups in total. The van der Waals surface area contributed by atoms with Gasteiger partial charge in [-0.3, -0.25) is 0 Å². The summed E-state index contributed by atoms with van der Waals surface area (Å²) in [7, 11) is 0. The van der Waals surface area contributed by atoms with E-state index in [-0.39, 0.29) is 0 Å². The van der Waals surface area contributed by atoms with Crippen molar-refractivity contribution in [2.24, 2.45) is 5.73 Å². The minimum atomic E-state index is 0.524. The molecular weight excluding hydrogens is 346 g/mol. The lowest BCUT2D eigenvalue weighted by Gasteiger charge is -2.09. The molecule has 2 aromatic rings. The molecule has 0 atom stereocenters. The van der Waals surface area contributed by atoms with Crippen LogP contribution in [-0.2, 0) is 6.54 Å². The predicted molar refractivity (Wildman–Crippen MR) is 76.2 cm³/mol. The lowest BCUT2D eigenvalue weighted by atomic mass is 10.2. The van der Waals surface area contributed by atoms with Gasteiger partial charge in [-0.2, -0.15) is 0 Å². The van der Waals surface area contributed by atoms with Crippen LogP contribution in [0.4, 0.5) is 0 Å². The molecule has 0 aliphatic rings. The Morgan fingerprint density at radius 1 is 1.06 bits per heavy atom. The van der Waals surface area contributed by atoms with Crippen molar-refractivity contribution in [3.8, 4) is 11.5 Å². The number of halogens is 2. The smallest absolute Gasteiger partial charge is 0.141 e. The minimum Gasteiger partial charge on any atom is -0.456 e. The van der Waals surface area contributed by atoms with Crippen molar-refractivity contribution < 1.29 is 4.74 Å². The van der Waals surface area contributed by atoms with E-state index >= 15 is 0 Å². The summed E-state index contributed by atoms with van der Waals surface area (Å²) in [6, 6.07) is 13.6. The first kappa shape index (κ1) is 12.6. The summed E-state index contributed by atoms with van der Waals surface area (Å²) < 4.78 is 7.67. The molecule has 0 unspecified atom stereocenters. The highest BCUT2D eigenvalue weighted by Gasteiger charge is 2.04. The van der Waals surface area contributed by atoms with Crippen LogP contribution in [0.5, 0.6) is 11.5 Å². The van der Waals surface area contributed by atoms with Gasteiger partial charge in [0, 0.05) is 11.0 Å². The van der Waals surface area contributed by atoms with Crippen LogP contribution in [-0.4, -0.2) is 0 Å². The van der Waals surface area contributed by atoms with E-state index in [1.165, 1.54) is 0 Å². The Balaban J connectivity index is 2.24. The second-order valence-corrected chi connectivity index (χ2v) is 5.30. The molecule has 0 bridgehead atoms. The Hall–Kier alpha value is -0.840. The zero-order valence-corrected chi connectivity index (χ0v) is 12.2. The van der Waals surface area contributed by atoms with Crippen LogP contribution in [0, 0.1) is 0 Å². The quantitative estimate of drug-likeness (QED) is 0.880. The lowest BCUT2D eigenvalue weighted by Crippen LogP contribution is -1.96. The number of nitrogens with two attached hydrogens (primary N) is 1. The maximum Gasteiger partial charge on any atom is 0.141 e. The number of ether oxygens (including phenoxy) is 1. The van der Waals surface area contributed by atoms with Crippen LogP contribution >= 0.6 is 31.9 Å². The van der Waals surface area contributed by atoms with Crippen molar-refractivity contribution in [1.82, 2.24) is 0 Å². The monoisotopic (exact) mass is 355 g/mol. The van der Waals surface area contributed by atoms with E-state index in [9.17, 15) is 0 Å². The lowest BCUT2D eigenvalue weighted by molar-refractivity contribution is 0.479.